The van der Waals surface area contributed by atoms with Gasteiger partial charge in [0.15, 0.2) is 0 Å². The fourth-order valence-corrected chi connectivity index (χ4v) is 2.53. The number of anilines is 1. The molecule has 0 aliphatic carbocycles. The molecular formula is C14H22N2O2. The van der Waals surface area contributed by atoms with Gasteiger partial charge in [-0.15, -0.1) is 0 Å². The number of hydrogen-bond acceptors (Lipinski definition) is 4. The van der Waals surface area contributed by atoms with Gasteiger partial charge in [0.25, 0.3) is 0 Å². The molecule has 1 aromatic heterocycles. The summed E-state index contributed by atoms with van der Waals surface area (Å²) in [5.41, 5.74) is 0.918. The standard InChI is InChI=1S/C14H22N2O2/c1-10-8-13(18-3)5-7-16(10)14-9-12(11(2)17)4-6-15-14/h4,6,9-11,13,17H,5,7-8H2,1-3H3. The van der Waals surface area contributed by atoms with Crippen LogP contribution >= 0.6 is 0 Å². The van der Waals surface area contributed by atoms with Crippen LogP contribution in [0.4, 0.5) is 5.82 Å². The van der Waals surface area contributed by atoms with Crippen molar-refractivity contribution in [1.82, 2.24) is 4.98 Å². The van der Waals surface area contributed by atoms with Gasteiger partial charge in [0.05, 0.1) is 12.2 Å². The van der Waals surface area contributed by atoms with Crippen LogP contribution < -0.4 is 4.90 Å². The first-order chi connectivity index (χ1) is 8.61. The van der Waals surface area contributed by atoms with Crippen LogP contribution in [-0.2, 0) is 4.74 Å². The maximum atomic E-state index is 9.63. The lowest BCUT2D eigenvalue weighted by Crippen LogP contribution is -2.43. The summed E-state index contributed by atoms with van der Waals surface area (Å²) in [4.78, 5) is 6.71. The van der Waals surface area contributed by atoms with E-state index in [1.807, 2.05) is 12.1 Å². The topological polar surface area (TPSA) is 45.6 Å². The van der Waals surface area contributed by atoms with Crippen LogP contribution in [0.15, 0.2) is 18.3 Å². The van der Waals surface area contributed by atoms with Crippen LogP contribution in [-0.4, -0.2) is 35.9 Å². The molecule has 1 fully saturated rings. The number of pyridine rings is 1. The molecule has 4 heteroatoms. The molecule has 2 rings (SSSR count). The molecule has 0 bridgehead atoms. The second kappa shape index (κ2) is 5.67. The summed E-state index contributed by atoms with van der Waals surface area (Å²) in [6.07, 6.45) is 3.74. The molecule has 0 saturated carbocycles. The maximum absolute atomic E-state index is 9.63. The minimum Gasteiger partial charge on any atom is -0.389 e. The van der Waals surface area contributed by atoms with E-state index in [1.165, 1.54) is 0 Å². The Hall–Kier alpha value is -1.13. The van der Waals surface area contributed by atoms with Gasteiger partial charge >= 0.3 is 0 Å². The van der Waals surface area contributed by atoms with E-state index in [-0.39, 0.29) is 0 Å². The van der Waals surface area contributed by atoms with Crippen molar-refractivity contribution in [2.75, 3.05) is 18.6 Å². The molecule has 3 atom stereocenters. The smallest absolute Gasteiger partial charge is 0.129 e. The zero-order valence-corrected chi connectivity index (χ0v) is 11.3. The van der Waals surface area contributed by atoms with E-state index < -0.39 is 6.10 Å². The third-order valence-corrected chi connectivity index (χ3v) is 3.71. The Balaban J connectivity index is 2.14. The summed E-state index contributed by atoms with van der Waals surface area (Å²) >= 11 is 0. The van der Waals surface area contributed by atoms with Crippen molar-refractivity contribution in [3.05, 3.63) is 23.9 Å². The first-order valence-corrected chi connectivity index (χ1v) is 6.55. The Bertz CT molecular complexity index is 395. The maximum Gasteiger partial charge on any atom is 0.129 e. The van der Waals surface area contributed by atoms with Crippen molar-refractivity contribution >= 4 is 5.82 Å². The number of methoxy groups -OCH3 is 1. The van der Waals surface area contributed by atoms with Crippen LogP contribution in [0.25, 0.3) is 0 Å². The zero-order chi connectivity index (χ0) is 13.1. The Labute approximate surface area is 109 Å². The largest absolute Gasteiger partial charge is 0.389 e. The highest BCUT2D eigenvalue weighted by atomic mass is 16.5. The number of piperidine rings is 1. The molecule has 18 heavy (non-hydrogen) atoms. The van der Waals surface area contributed by atoms with Gasteiger partial charge in [-0.3, -0.25) is 0 Å². The van der Waals surface area contributed by atoms with E-state index in [9.17, 15) is 5.11 Å². The highest BCUT2D eigenvalue weighted by Gasteiger charge is 2.26. The zero-order valence-electron chi connectivity index (χ0n) is 11.3. The predicted octanol–water partition coefficient (Wildman–Crippen LogP) is 2.14. The first-order valence-electron chi connectivity index (χ1n) is 6.55. The van der Waals surface area contributed by atoms with Crippen LogP contribution in [0.2, 0.25) is 0 Å². The molecule has 1 saturated heterocycles. The minimum atomic E-state index is -0.446. The van der Waals surface area contributed by atoms with E-state index in [1.54, 1.807) is 20.2 Å². The van der Waals surface area contributed by atoms with E-state index in [4.69, 9.17) is 4.74 Å². The van der Waals surface area contributed by atoms with Gasteiger partial charge in [-0.25, -0.2) is 4.98 Å². The van der Waals surface area contributed by atoms with Crippen molar-refractivity contribution in [1.29, 1.82) is 0 Å². The molecule has 100 valence electrons. The Kier molecular flexibility index (Phi) is 4.19. The molecule has 1 aliphatic rings. The van der Waals surface area contributed by atoms with Gasteiger partial charge in [0.1, 0.15) is 5.82 Å². The van der Waals surface area contributed by atoms with E-state index in [0.29, 0.717) is 12.1 Å². The molecule has 0 spiro atoms. The molecule has 1 N–H and O–H groups in total. The Morgan fingerprint density at radius 3 is 2.94 bits per heavy atom. The summed E-state index contributed by atoms with van der Waals surface area (Å²) in [7, 11) is 1.78. The van der Waals surface area contributed by atoms with Crippen molar-refractivity contribution in [3.63, 3.8) is 0 Å². The van der Waals surface area contributed by atoms with Crippen LogP contribution in [0.1, 0.15) is 38.4 Å². The molecule has 3 unspecified atom stereocenters. The van der Waals surface area contributed by atoms with Gasteiger partial charge < -0.3 is 14.7 Å². The summed E-state index contributed by atoms with van der Waals surface area (Å²) in [6.45, 7) is 4.93. The highest BCUT2D eigenvalue weighted by Crippen LogP contribution is 2.26. The number of aromatic nitrogens is 1. The van der Waals surface area contributed by atoms with E-state index in [0.717, 1.165) is 30.8 Å². The average Bonchev–Trinajstić information content (AvgIpc) is 2.38. The van der Waals surface area contributed by atoms with Crippen molar-refractivity contribution in [2.24, 2.45) is 0 Å². The summed E-state index contributed by atoms with van der Waals surface area (Å²) in [5, 5.41) is 9.63. The number of rotatable bonds is 3. The molecular weight excluding hydrogens is 228 g/mol. The Morgan fingerprint density at radius 1 is 1.56 bits per heavy atom. The van der Waals surface area contributed by atoms with Crippen LogP contribution in [0.5, 0.6) is 0 Å². The van der Waals surface area contributed by atoms with Crippen LogP contribution in [0.3, 0.4) is 0 Å². The van der Waals surface area contributed by atoms with Gasteiger partial charge in [0, 0.05) is 25.9 Å². The summed E-state index contributed by atoms with van der Waals surface area (Å²) in [6, 6.07) is 4.26. The quantitative estimate of drug-likeness (QED) is 0.892. The molecule has 0 aromatic carbocycles. The molecule has 2 heterocycles. The molecule has 1 aromatic rings. The third-order valence-electron chi connectivity index (χ3n) is 3.71. The van der Waals surface area contributed by atoms with Gasteiger partial charge in [-0.1, -0.05) is 0 Å². The number of ether oxygens (including phenoxy) is 1. The monoisotopic (exact) mass is 250 g/mol. The van der Waals surface area contributed by atoms with Crippen LogP contribution in [0, 0.1) is 0 Å². The lowest BCUT2D eigenvalue weighted by molar-refractivity contribution is 0.0719. The van der Waals surface area contributed by atoms with Gasteiger partial charge in [-0.2, -0.15) is 0 Å². The van der Waals surface area contributed by atoms with Gasteiger partial charge in [0.2, 0.25) is 0 Å². The van der Waals surface area contributed by atoms with E-state index >= 15 is 0 Å². The summed E-state index contributed by atoms with van der Waals surface area (Å²) in [5.74, 6) is 0.954. The minimum absolute atomic E-state index is 0.358. The fourth-order valence-electron chi connectivity index (χ4n) is 2.53. The lowest BCUT2D eigenvalue weighted by atomic mass is 10.0. The lowest BCUT2D eigenvalue weighted by Gasteiger charge is -2.38. The second-order valence-electron chi connectivity index (χ2n) is 5.05. The number of aliphatic hydroxyl groups is 1. The molecule has 1 aliphatic heterocycles. The molecule has 4 nitrogen and oxygen atoms in total. The average molecular weight is 250 g/mol. The second-order valence-corrected chi connectivity index (χ2v) is 5.05. The highest BCUT2D eigenvalue weighted by molar-refractivity contribution is 5.43. The predicted molar refractivity (Wildman–Crippen MR) is 71.7 cm³/mol. The Morgan fingerprint density at radius 2 is 2.33 bits per heavy atom. The fraction of sp³-hybridized carbons (Fsp3) is 0.643. The molecule has 0 radical (unpaired) electrons. The normalized spacial score (nSPS) is 26.1. The van der Waals surface area contributed by atoms with Gasteiger partial charge in [-0.05, 0) is 44.4 Å². The van der Waals surface area contributed by atoms with Crippen molar-refractivity contribution in [3.8, 4) is 0 Å². The number of hydrogen-bond donors (Lipinski definition) is 1. The summed E-state index contributed by atoms with van der Waals surface area (Å²) < 4.78 is 5.42. The van der Waals surface area contributed by atoms with Crippen molar-refractivity contribution < 1.29 is 9.84 Å². The van der Waals surface area contributed by atoms with E-state index in [2.05, 4.69) is 16.8 Å². The third kappa shape index (κ3) is 2.82. The number of nitrogens with zero attached hydrogens (tertiary/aromatic N) is 2. The number of aliphatic hydroxyl groups excluding tert-OH is 1. The molecule has 0 amide bonds. The van der Waals surface area contributed by atoms with Crippen molar-refractivity contribution in [2.45, 2.75) is 44.9 Å². The SMILES string of the molecule is COC1CCN(c2cc(C(C)O)ccn2)C(C)C1. The first kappa shape index (κ1) is 13.3.